The molecule has 12 heavy (non-hydrogen) atoms. The third-order valence-electron chi connectivity index (χ3n) is 2.33. The van der Waals surface area contributed by atoms with Gasteiger partial charge < -0.3 is 5.11 Å². The molecule has 1 nitrogen and oxygen atoms in total. The van der Waals surface area contributed by atoms with Gasteiger partial charge in [0, 0.05) is 6.61 Å². The van der Waals surface area contributed by atoms with E-state index >= 15 is 0 Å². The normalized spacial score (nSPS) is 37.2. The fourth-order valence-corrected chi connectivity index (χ4v) is 1.51. The topological polar surface area (TPSA) is 20.2 Å². The summed E-state index contributed by atoms with van der Waals surface area (Å²) in [6.45, 7) is -0.359. The van der Waals surface area contributed by atoms with Gasteiger partial charge in [0.15, 0.2) is 0 Å². The number of halogens is 4. The molecular weight excluding hydrogens is 176 g/mol. The number of aliphatic hydroxyl groups excluding tert-OH is 1. The fourth-order valence-electron chi connectivity index (χ4n) is 1.51. The average molecular weight is 186 g/mol. The summed E-state index contributed by atoms with van der Waals surface area (Å²) in [5, 5.41) is 8.53. The van der Waals surface area contributed by atoms with Gasteiger partial charge >= 0.3 is 6.18 Å². The summed E-state index contributed by atoms with van der Waals surface area (Å²) in [5.74, 6) is -0.531. The molecule has 0 bridgehead atoms. The van der Waals surface area contributed by atoms with Crippen molar-refractivity contribution in [3.05, 3.63) is 0 Å². The van der Waals surface area contributed by atoms with Gasteiger partial charge in [-0.1, -0.05) is 0 Å². The molecule has 0 spiro atoms. The zero-order valence-electron chi connectivity index (χ0n) is 6.36. The zero-order valence-corrected chi connectivity index (χ0v) is 6.36. The van der Waals surface area contributed by atoms with Crippen molar-refractivity contribution < 1.29 is 22.7 Å². The van der Waals surface area contributed by atoms with Crippen LogP contribution in [0.15, 0.2) is 0 Å². The maximum Gasteiger partial charge on any atom is 0.422 e. The second-order valence-corrected chi connectivity index (χ2v) is 3.25. The van der Waals surface area contributed by atoms with Crippen LogP contribution >= 0.6 is 0 Å². The van der Waals surface area contributed by atoms with E-state index in [1.165, 1.54) is 0 Å². The molecule has 1 aliphatic rings. The first-order valence-corrected chi connectivity index (χ1v) is 3.75. The maximum atomic E-state index is 13.0. The van der Waals surface area contributed by atoms with Gasteiger partial charge in [-0.05, 0) is 25.2 Å². The van der Waals surface area contributed by atoms with Crippen molar-refractivity contribution in [2.75, 3.05) is 6.61 Å². The van der Waals surface area contributed by atoms with E-state index < -0.39 is 30.6 Å². The van der Waals surface area contributed by atoms with Crippen LogP contribution in [0.3, 0.4) is 0 Å². The number of hydrogen-bond donors (Lipinski definition) is 1. The van der Waals surface area contributed by atoms with Gasteiger partial charge in [0.1, 0.15) is 0 Å². The van der Waals surface area contributed by atoms with E-state index in [4.69, 9.17) is 5.11 Å². The summed E-state index contributed by atoms with van der Waals surface area (Å²) in [5.41, 5.74) is -3.06. The Balaban J connectivity index is 2.64. The highest BCUT2D eigenvalue weighted by molar-refractivity contribution is 4.95. The Labute approximate surface area is 67.4 Å². The highest BCUT2D eigenvalue weighted by Crippen LogP contribution is 2.48. The van der Waals surface area contributed by atoms with E-state index in [0.29, 0.717) is 0 Å². The molecule has 0 heterocycles. The summed E-state index contributed by atoms with van der Waals surface area (Å²) < 4.78 is 49.0. The van der Waals surface area contributed by atoms with Crippen LogP contribution < -0.4 is 0 Å². The second-order valence-electron chi connectivity index (χ2n) is 3.25. The minimum Gasteiger partial charge on any atom is -0.396 e. The maximum absolute atomic E-state index is 13.0. The smallest absolute Gasteiger partial charge is 0.396 e. The molecule has 0 aromatic heterocycles. The highest BCUT2D eigenvalue weighted by atomic mass is 19.4. The lowest BCUT2D eigenvalue weighted by Crippen LogP contribution is -2.38. The van der Waals surface area contributed by atoms with Crippen LogP contribution in [0, 0.1) is 5.92 Å². The van der Waals surface area contributed by atoms with E-state index in [9.17, 15) is 17.6 Å². The molecule has 1 aliphatic carbocycles. The van der Waals surface area contributed by atoms with Crippen LogP contribution in [0.1, 0.15) is 19.3 Å². The first-order chi connectivity index (χ1) is 5.39. The molecule has 1 fully saturated rings. The Morgan fingerprint density at radius 3 is 2.25 bits per heavy atom. The van der Waals surface area contributed by atoms with E-state index in [0.717, 1.165) is 0 Å². The van der Waals surface area contributed by atoms with Crippen molar-refractivity contribution in [2.45, 2.75) is 31.1 Å². The minimum absolute atomic E-state index is 0.118. The summed E-state index contributed by atoms with van der Waals surface area (Å²) in [4.78, 5) is 0. The Morgan fingerprint density at radius 2 is 2.00 bits per heavy atom. The number of hydrogen-bond acceptors (Lipinski definition) is 1. The van der Waals surface area contributed by atoms with Gasteiger partial charge in [0.05, 0.1) is 0 Å². The summed E-state index contributed by atoms with van der Waals surface area (Å²) >= 11 is 0. The predicted octanol–water partition coefficient (Wildman–Crippen LogP) is 2.05. The van der Waals surface area contributed by atoms with E-state index in [1.807, 2.05) is 0 Å². The largest absolute Gasteiger partial charge is 0.422 e. The van der Waals surface area contributed by atoms with Crippen LogP contribution in [-0.4, -0.2) is 23.6 Å². The highest BCUT2D eigenvalue weighted by Gasteiger charge is 2.59. The Hall–Kier alpha value is -0.320. The zero-order chi connectivity index (χ0) is 9.41. The Bertz CT molecular complexity index is 167. The molecule has 72 valence electrons. The lowest BCUT2D eigenvalue weighted by molar-refractivity contribution is -0.228. The van der Waals surface area contributed by atoms with Crippen molar-refractivity contribution in [2.24, 2.45) is 5.92 Å². The average Bonchev–Trinajstić information content (AvgIpc) is 2.31. The molecule has 0 amide bonds. The summed E-state index contributed by atoms with van der Waals surface area (Å²) in [7, 11) is 0. The van der Waals surface area contributed by atoms with Crippen molar-refractivity contribution in [1.82, 2.24) is 0 Å². The molecule has 2 unspecified atom stereocenters. The molecule has 1 rings (SSSR count). The van der Waals surface area contributed by atoms with Crippen molar-refractivity contribution in [3.63, 3.8) is 0 Å². The second kappa shape index (κ2) is 2.87. The van der Waals surface area contributed by atoms with Gasteiger partial charge in [-0.2, -0.15) is 13.2 Å². The van der Waals surface area contributed by atoms with E-state index in [1.54, 1.807) is 0 Å². The molecular formula is C7H10F4O. The van der Waals surface area contributed by atoms with Gasteiger partial charge in [0.25, 0.3) is 0 Å². The first kappa shape index (κ1) is 9.77. The quantitative estimate of drug-likeness (QED) is 0.621. The van der Waals surface area contributed by atoms with Crippen molar-refractivity contribution >= 4 is 0 Å². The molecule has 2 atom stereocenters. The molecule has 0 saturated heterocycles. The predicted molar refractivity (Wildman–Crippen MR) is 34.3 cm³/mol. The van der Waals surface area contributed by atoms with Crippen molar-refractivity contribution in [3.8, 4) is 0 Å². The van der Waals surface area contributed by atoms with Crippen LogP contribution in [-0.2, 0) is 0 Å². The summed E-state index contributed by atoms with van der Waals surface area (Å²) in [6.07, 6.45) is -5.77. The fraction of sp³-hybridized carbons (Fsp3) is 1.00. The van der Waals surface area contributed by atoms with Gasteiger partial charge in [-0.25, -0.2) is 4.39 Å². The molecule has 1 saturated carbocycles. The van der Waals surface area contributed by atoms with Gasteiger partial charge in [0.2, 0.25) is 5.67 Å². The van der Waals surface area contributed by atoms with E-state index in [-0.39, 0.29) is 13.0 Å². The Morgan fingerprint density at radius 1 is 1.42 bits per heavy atom. The van der Waals surface area contributed by atoms with Crippen LogP contribution in [0.4, 0.5) is 17.6 Å². The lowest BCUT2D eigenvalue weighted by Gasteiger charge is -2.22. The third kappa shape index (κ3) is 1.55. The molecule has 0 aliphatic heterocycles. The summed E-state index contributed by atoms with van der Waals surface area (Å²) in [6, 6.07) is 0. The van der Waals surface area contributed by atoms with Crippen LogP contribution in [0.25, 0.3) is 0 Å². The molecule has 1 N–H and O–H groups in total. The standard InChI is InChI=1S/C7H10F4O/c8-6(7(9,10)11)2-1-5(3-6)4-12/h5,12H,1-4H2. The van der Waals surface area contributed by atoms with E-state index in [2.05, 4.69) is 0 Å². The lowest BCUT2D eigenvalue weighted by atomic mass is 10.0. The SMILES string of the molecule is OCC1CCC(F)(C(F)(F)F)C1. The minimum atomic E-state index is -4.78. The van der Waals surface area contributed by atoms with Gasteiger partial charge in [-0.15, -0.1) is 0 Å². The number of rotatable bonds is 1. The monoisotopic (exact) mass is 186 g/mol. The Kier molecular flexibility index (Phi) is 2.33. The van der Waals surface area contributed by atoms with Gasteiger partial charge in [-0.3, -0.25) is 0 Å². The van der Waals surface area contributed by atoms with Crippen molar-refractivity contribution in [1.29, 1.82) is 0 Å². The first-order valence-electron chi connectivity index (χ1n) is 3.75. The number of aliphatic hydroxyl groups is 1. The molecule has 0 radical (unpaired) electrons. The van der Waals surface area contributed by atoms with Crippen LogP contribution in [0.2, 0.25) is 0 Å². The third-order valence-corrected chi connectivity index (χ3v) is 2.33. The van der Waals surface area contributed by atoms with Crippen LogP contribution in [0.5, 0.6) is 0 Å². The number of alkyl halides is 4. The molecule has 0 aromatic carbocycles. The molecule has 5 heteroatoms. The molecule has 0 aromatic rings.